The molecule has 1 nitrogen and oxygen atoms in total. The lowest BCUT2D eigenvalue weighted by Gasteiger charge is -2.30. The predicted molar refractivity (Wildman–Crippen MR) is 195 cm³/mol. The molecule has 1 aliphatic carbocycles. The van der Waals surface area contributed by atoms with Gasteiger partial charge in [0.05, 0.1) is 5.69 Å². The van der Waals surface area contributed by atoms with Crippen LogP contribution in [0, 0.1) is 0 Å². The van der Waals surface area contributed by atoms with Gasteiger partial charge in [-0.1, -0.05) is 123 Å². The Morgan fingerprint density at radius 3 is 2.07 bits per heavy atom. The summed E-state index contributed by atoms with van der Waals surface area (Å²) >= 11 is 1.88. The van der Waals surface area contributed by atoms with Gasteiger partial charge in [-0.3, -0.25) is 0 Å². The molecule has 0 amide bonds. The zero-order valence-corrected chi connectivity index (χ0v) is 26.1. The molecule has 0 saturated carbocycles. The maximum Gasteiger partial charge on any atom is 0.0540 e. The Hall–Kier alpha value is -5.18. The third-order valence-corrected chi connectivity index (χ3v) is 10.8. The van der Waals surface area contributed by atoms with Crippen LogP contribution in [0.25, 0.3) is 53.2 Å². The van der Waals surface area contributed by atoms with Crippen molar-refractivity contribution in [1.82, 2.24) is 0 Å². The molecular formula is C43H31NS. The maximum absolute atomic E-state index is 2.46. The summed E-state index contributed by atoms with van der Waals surface area (Å²) < 4.78 is 2.67. The van der Waals surface area contributed by atoms with E-state index in [2.05, 4.69) is 170 Å². The summed E-state index contributed by atoms with van der Waals surface area (Å²) in [4.78, 5) is 2.46. The molecule has 0 spiro atoms. The summed E-state index contributed by atoms with van der Waals surface area (Å²) in [6, 6.07) is 55.9. The molecule has 2 heteroatoms. The fourth-order valence-electron chi connectivity index (χ4n) is 7.47. The van der Waals surface area contributed by atoms with Gasteiger partial charge in [-0.05, 0) is 81.1 Å². The van der Waals surface area contributed by atoms with E-state index in [1.54, 1.807) is 0 Å². The molecule has 0 unspecified atom stereocenters. The third-order valence-electron chi connectivity index (χ3n) is 9.65. The zero-order valence-electron chi connectivity index (χ0n) is 25.3. The number of hydrogen-bond acceptors (Lipinski definition) is 2. The average molecular weight is 594 g/mol. The van der Waals surface area contributed by atoms with E-state index in [1.165, 1.54) is 75.7 Å². The number of nitrogens with zero attached hydrogens (tertiary/aromatic N) is 1. The van der Waals surface area contributed by atoms with Crippen molar-refractivity contribution in [3.05, 3.63) is 163 Å². The average Bonchev–Trinajstić information content (AvgIpc) is 3.58. The van der Waals surface area contributed by atoms with Crippen molar-refractivity contribution in [1.29, 1.82) is 0 Å². The first-order valence-corrected chi connectivity index (χ1v) is 16.4. The molecule has 1 aromatic heterocycles. The molecule has 0 saturated heterocycles. The van der Waals surface area contributed by atoms with Crippen LogP contribution in [0.1, 0.15) is 25.0 Å². The van der Waals surface area contributed by atoms with Crippen molar-refractivity contribution in [2.75, 3.05) is 4.90 Å². The molecule has 214 valence electrons. The number of anilines is 3. The molecule has 0 bridgehead atoms. The number of thiophene rings is 1. The highest BCUT2D eigenvalue weighted by Crippen LogP contribution is 2.51. The lowest BCUT2D eigenvalue weighted by molar-refractivity contribution is 0.660. The van der Waals surface area contributed by atoms with Gasteiger partial charge in [0.25, 0.3) is 0 Å². The summed E-state index contributed by atoms with van der Waals surface area (Å²) in [6.07, 6.45) is 0. The molecule has 8 aromatic rings. The lowest BCUT2D eigenvalue weighted by Crippen LogP contribution is -2.16. The first kappa shape index (κ1) is 26.2. The fraction of sp³-hybridized carbons (Fsp3) is 0.0698. The Morgan fingerprint density at radius 1 is 0.489 bits per heavy atom. The Kier molecular flexibility index (Phi) is 5.78. The highest BCUT2D eigenvalue weighted by molar-refractivity contribution is 7.26. The van der Waals surface area contributed by atoms with Gasteiger partial charge in [-0.25, -0.2) is 0 Å². The van der Waals surface area contributed by atoms with Gasteiger partial charge in [0, 0.05) is 42.5 Å². The maximum atomic E-state index is 2.46. The van der Waals surface area contributed by atoms with Crippen LogP contribution in [-0.4, -0.2) is 0 Å². The molecular weight excluding hydrogens is 563 g/mol. The molecule has 1 aliphatic rings. The second-order valence-corrected chi connectivity index (χ2v) is 13.6. The highest BCUT2D eigenvalue weighted by atomic mass is 32.1. The largest absolute Gasteiger partial charge is 0.310 e. The van der Waals surface area contributed by atoms with Crippen LogP contribution in [0.5, 0.6) is 0 Å². The van der Waals surface area contributed by atoms with E-state index in [9.17, 15) is 0 Å². The van der Waals surface area contributed by atoms with Crippen molar-refractivity contribution >= 4 is 59.3 Å². The van der Waals surface area contributed by atoms with Crippen LogP contribution >= 0.6 is 11.3 Å². The molecule has 0 atom stereocenters. The lowest BCUT2D eigenvalue weighted by atomic mass is 9.82. The minimum atomic E-state index is -0.0818. The van der Waals surface area contributed by atoms with Crippen molar-refractivity contribution in [3.8, 4) is 22.3 Å². The Labute approximate surface area is 267 Å². The number of hydrogen-bond donors (Lipinski definition) is 0. The van der Waals surface area contributed by atoms with Crippen molar-refractivity contribution in [2.45, 2.75) is 19.3 Å². The van der Waals surface area contributed by atoms with E-state index in [0.717, 1.165) is 5.69 Å². The first-order chi connectivity index (χ1) is 22.1. The second kappa shape index (κ2) is 9.92. The minimum Gasteiger partial charge on any atom is -0.310 e. The third kappa shape index (κ3) is 3.99. The fourth-order valence-corrected chi connectivity index (χ4v) is 8.59. The first-order valence-electron chi connectivity index (χ1n) is 15.6. The number of benzene rings is 7. The van der Waals surface area contributed by atoms with Crippen molar-refractivity contribution in [2.24, 2.45) is 0 Å². The van der Waals surface area contributed by atoms with Gasteiger partial charge in [0.1, 0.15) is 0 Å². The molecule has 45 heavy (non-hydrogen) atoms. The van der Waals surface area contributed by atoms with Crippen molar-refractivity contribution in [3.63, 3.8) is 0 Å². The summed E-state index contributed by atoms with van der Waals surface area (Å²) in [5.41, 5.74) is 11.3. The number of rotatable bonds is 4. The van der Waals surface area contributed by atoms with Crippen LogP contribution < -0.4 is 4.90 Å². The zero-order chi connectivity index (χ0) is 30.1. The summed E-state index contributed by atoms with van der Waals surface area (Å²) in [6.45, 7) is 4.71. The quantitative estimate of drug-likeness (QED) is 0.196. The Balaban J connectivity index is 1.29. The van der Waals surface area contributed by atoms with E-state index in [4.69, 9.17) is 0 Å². The molecule has 7 aromatic carbocycles. The second-order valence-electron chi connectivity index (χ2n) is 12.6. The van der Waals surface area contributed by atoms with Gasteiger partial charge in [0.2, 0.25) is 0 Å². The van der Waals surface area contributed by atoms with Gasteiger partial charge in [0.15, 0.2) is 0 Å². The number of para-hydroxylation sites is 1. The normalized spacial score (nSPS) is 13.3. The van der Waals surface area contributed by atoms with Crippen LogP contribution in [0.15, 0.2) is 152 Å². The minimum absolute atomic E-state index is 0.0818. The summed E-state index contributed by atoms with van der Waals surface area (Å²) in [7, 11) is 0. The van der Waals surface area contributed by atoms with E-state index in [0.29, 0.717) is 0 Å². The number of fused-ring (bicyclic) bond motifs is 8. The van der Waals surface area contributed by atoms with Gasteiger partial charge < -0.3 is 4.90 Å². The Bertz CT molecular complexity index is 2410. The van der Waals surface area contributed by atoms with E-state index in [1.807, 2.05) is 11.3 Å². The molecule has 1 heterocycles. The highest BCUT2D eigenvalue weighted by Gasteiger charge is 2.35. The Morgan fingerprint density at radius 2 is 1.18 bits per heavy atom. The molecule has 0 N–H and O–H groups in total. The smallest absolute Gasteiger partial charge is 0.0540 e. The standard InChI is InChI=1S/C43H31NS/c1-43(2)37-17-9-6-15-34(37)35-24-22-31(27-38(35)43)44(39-18-10-7-14-32(39)28-12-4-3-5-13-28)30-21-23-33-29(26-30)20-25-41-42(33)36-16-8-11-19-40(36)45-41/h3-27H,1-2H3. The summed E-state index contributed by atoms with van der Waals surface area (Å²) in [5, 5.41) is 5.24. The van der Waals surface area contributed by atoms with Gasteiger partial charge >= 0.3 is 0 Å². The SMILES string of the molecule is CC1(C)c2ccccc2-c2ccc(N(c3ccc4c(ccc5sc6ccccc6c54)c3)c3ccccc3-c3ccccc3)cc21. The van der Waals surface area contributed by atoms with Crippen LogP contribution in [0.2, 0.25) is 0 Å². The van der Waals surface area contributed by atoms with Crippen LogP contribution in [0.3, 0.4) is 0 Å². The van der Waals surface area contributed by atoms with Gasteiger partial charge in [-0.2, -0.15) is 0 Å². The molecule has 0 fully saturated rings. The topological polar surface area (TPSA) is 3.24 Å². The van der Waals surface area contributed by atoms with Crippen molar-refractivity contribution < 1.29 is 0 Å². The summed E-state index contributed by atoms with van der Waals surface area (Å²) in [5.74, 6) is 0. The molecule has 0 aliphatic heterocycles. The van der Waals surface area contributed by atoms with Gasteiger partial charge in [-0.15, -0.1) is 11.3 Å². The van der Waals surface area contributed by atoms with E-state index in [-0.39, 0.29) is 5.41 Å². The predicted octanol–water partition coefficient (Wildman–Crippen LogP) is 12.7. The van der Waals surface area contributed by atoms with E-state index < -0.39 is 0 Å². The molecule has 9 rings (SSSR count). The van der Waals surface area contributed by atoms with Crippen LogP contribution in [-0.2, 0) is 5.41 Å². The molecule has 0 radical (unpaired) electrons. The van der Waals surface area contributed by atoms with E-state index >= 15 is 0 Å². The van der Waals surface area contributed by atoms with Crippen LogP contribution in [0.4, 0.5) is 17.1 Å². The monoisotopic (exact) mass is 593 g/mol.